The van der Waals surface area contributed by atoms with E-state index < -0.39 is 0 Å². The summed E-state index contributed by atoms with van der Waals surface area (Å²) in [4.78, 5) is 12.0. The second-order valence-electron chi connectivity index (χ2n) is 8.29. The van der Waals surface area contributed by atoms with E-state index in [1.54, 1.807) is 0 Å². The molecule has 2 unspecified atom stereocenters. The molecule has 2 spiro atoms. The zero-order valence-electron chi connectivity index (χ0n) is 11.9. The van der Waals surface area contributed by atoms with E-state index in [-0.39, 0.29) is 18.0 Å². The number of esters is 1. The molecule has 0 amide bonds. The lowest BCUT2D eigenvalue weighted by molar-refractivity contribution is -0.147. The van der Waals surface area contributed by atoms with E-state index in [0.717, 1.165) is 11.8 Å². The van der Waals surface area contributed by atoms with Crippen molar-refractivity contribution in [2.24, 2.45) is 34.5 Å². The average molecular weight is 260 g/mol. The number of rotatable bonds is 0. The number of ether oxygens (including phenoxy) is 1. The van der Waals surface area contributed by atoms with Crippen LogP contribution in [0.15, 0.2) is 0 Å². The van der Waals surface area contributed by atoms with Crippen molar-refractivity contribution in [2.45, 2.75) is 64.4 Å². The quantitative estimate of drug-likeness (QED) is 0.623. The monoisotopic (exact) mass is 260 g/mol. The van der Waals surface area contributed by atoms with E-state index in [1.165, 1.54) is 51.4 Å². The van der Waals surface area contributed by atoms with Crippen LogP contribution in [0.1, 0.15) is 58.3 Å². The topological polar surface area (TPSA) is 26.3 Å². The predicted octanol–water partition coefficient (Wildman–Crippen LogP) is 3.54. The second kappa shape index (κ2) is 3.20. The van der Waals surface area contributed by atoms with Crippen LogP contribution in [0.5, 0.6) is 0 Å². The third-order valence-corrected chi connectivity index (χ3v) is 7.68. The first-order valence-corrected chi connectivity index (χ1v) is 8.36. The van der Waals surface area contributed by atoms with E-state index in [0.29, 0.717) is 16.7 Å². The first kappa shape index (κ1) is 11.2. The third kappa shape index (κ3) is 1.27. The first-order chi connectivity index (χ1) is 9.15. The average Bonchev–Trinajstić information content (AvgIpc) is 3.26. The van der Waals surface area contributed by atoms with Gasteiger partial charge >= 0.3 is 5.97 Å². The zero-order chi connectivity index (χ0) is 12.8. The smallest absolute Gasteiger partial charge is 0.309 e. The highest BCUT2D eigenvalue weighted by molar-refractivity contribution is 5.75. The van der Waals surface area contributed by atoms with E-state index in [1.807, 2.05) is 0 Å². The molecule has 0 aromatic heterocycles. The van der Waals surface area contributed by atoms with Crippen LogP contribution in [0.3, 0.4) is 0 Å². The molecule has 5 atom stereocenters. The molecule has 104 valence electrons. The van der Waals surface area contributed by atoms with E-state index >= 15 is 0 Å². The van der Waals surface area contributed by atoms with E-state index in [4.69, 9.17) is 4.74 Å². The molecule has 4 saturated carbocycles. The SMILES string of the molecule is C[C@@H]1C(=O)O[C@@H]2C3C(CCC34CC4)C3(CC[C@@H]12)CC3. The molecule has 1 saturated heterocycles. The van der Waals surface area contributed by atoms with Gasteiger partial charge in [0.1, 0.15) is 6.10 Å². The summed E-state index contributed by atoms with van der Waals surface area (Å²) < 4.78 is 5.93. The van der Waals surface area contributed by atoms with Crippen molar-refractivity contribution in [1.29, 1.82) is 0 Å². The Bertz CT molecular complexity index is 446. The molecule has 5 rings (SSSR count). The largest absolute Gasteiger partial charge is 0.462 e. The Morgan fingerprint density at radius 3 is 2.37 bits per heavy atom. The molecular weight excluding hydrogens is 236 g/mol. The number of carbonyl (C=O) groups excluding carboxylic acids is 1. The van der Waals surface area contributed by atoms with Crippen molar-refractivity contribution in [2.75, 3.05) is 0 Å². The fourth-order valence-electron chi connectivity index (χ4n) is 6.19. The van der Waals surface area contributed by atoms with Crippen LogP contribution in [0.25, 0.3) is 0 Å². The minimum Gasteiger partial charge on any atom is -0.462 e. The summed E-state index contributed by atoms with van der Waals surface area (Å²) >= 11 is 0. The van der Waals surface area contributed by atoms with Gasteiger partial charge in [0, 0.05) is 11.8 Å². The number of hydrogen-bond acceptors (Lipinski definition) is 2. The van der Waals surface area contributed by atoms with Crippen molar-refractivity contribution in [3.05, 3.63) is 0 Å². The van der Waals surface area contributed by atoms with Gasteiger partial charge in [-0.3, -0.25) is 4.79 Å². The molecule has 1 heterocycles. The Labute approximate surface area is 115 Å². The van der Waals surface area contributed by atoms with Crippen molar-refractivity contribution in [3.8, 4) is 0 Å². The Morgan fingerprint density at radius 1 is 1.00 bits per heavy atom. The van der Waals surface area contributed by atoms with Crippen LogP contribution in [-0.2, 0) is 9.53 Å². The molecule has 2 heteroatoms. The summed E-state index contributed by atoms with van der Waals surface area (Å²) in [6.45, 7) is 2.11. The molecule has 4 aliphatic carbocycles. The van der Waals surface area contributed by atoms with Crippen molar-refractivity contribution >= 4 is 5.97 Å². The van der Waals surface area contributed by atoms with Gasteiger partial charge in [-0.15, -0.1) is 0 Å². The Balaban J connectivity index is 1.58. The van der Waals surface area contributed by atoms with Gasteiger partial charge in [-0.25, -0.2) is 0 Å². The van der Waals surface area contributed by atoms with Gasteiger partial charge in [0.25, 0.3) is 0 Å². The maximum atomic E-state index is 12.0. The summed E-state index contributed by atoms with van der Waals surface area (Å²) in [7, 11) is 0. The van der Waals surface area contributed by atoms with Gasteiger partial charge in [-0.05, 0) is 68.1 Å². The van der Waals surface area contributed by atoms with Crippen molar-refractivity contribution in [1.82, 2.24) is 0 Å². The molecule has 0 aromatic carbocycles. The lowest BCUT2D eigenvalue weighted by Gasteiger charge is -2.33. The number of fused-ring (bicyclic) bond motifs is 5. The molecule has 5 aliphatic rings. The number of carbonyl (C=O) groups is 1. The molecule has 0 radical (unpaired) electrons. The van der Waals surface area contributed by atoms with Gasteiger partial charge in [0.2, 0.25) is 0 Å². The highest BCUT2D eigenvalue weighted by Gasteiger charge is 2.69. The van der Waals surface area contributed by atoms with Crippen LogP contribution in [0, 0.1) is 34.5 Å². The lowest BCUT2D eigenvalue weighted by atomic mass is 9.74. The number of hydrogen-bond donors (Lipinski definition) is 0. The van der Waals surface area contributed by atoms with Gasteiger partial charge < -0.3 is 4.74 Å². The molecule has 0 aromatic rings. The van der Waals surface area contributed by atoms with Gasteiger partial charge in [-0.1, -0.05) is 6.92 Å². The first-order valence-electron chi connectivity index (χ1n) is 8.36. The van der Waals surface area contributed by atoms with Crippen LogP contribution in [0.2, 0.25) is 0 Å². The van der Waals surface area contributed by atoms with Crippen molar-refractivity contribution < 1.29 is 9.53 Å². The molecule has 1 aliphatic heterocycles. The van der Waals surface area contributed by atoms with Crippen LogP contribution in [-0.4, -0.2) is 12.1 Å². The van der Waals surface area contributed by atoms with E-state index in [2.05, 4.69) is 6.92 Å². The summed E-state index contributed by atoms with van der Waals surface area (Å²) in [5.41, 5.74) is 1.30. The van der Waals surface area contributed by atoms with Crippen LogP contribution < -0.4 is 0 Å². The molecular formula is C17H24O2. The fourth-order valence-corrected chi connectivity index (χ4v) is 6.19. The fraction of sp³-hybridized carbons (Fsp3) is 0.941. The lowest BCUT2D eigenvalue weighted by Crippen LogP contribution is -2.35. The Kier molecular flexibility index (Phi) is 1.88. The van der Waals surface area contributed by atoms with Gasteiger partial charge in [-0.2, -0.15) is 0 Å². The molecule has 19 heavy (non-hydrogen) atoms. The normalized spacial score (nSPS) is 51.6. The van der Waals surface area contributed by atoms with Gasteiger partial charge in [0.05, 0.1) is 5.92 Å². The zero-order valence-corrected chi connectivity index (χ0v) is 11.9. The van der Waals surface area contributed by atoms with Gasteiger partial charge in [0.15, 0.2) is 0 Å². The minimum absolute atomic E-state index is 0.100. The molecule has 2 nitrogen and oxygen atoms in total. The Hall–Kier alpha value is -0.530. The van der Waals surface area contributed by atoms with Crippen LogP contribution in [0.4, 0.5) is 0 Å². The van der Waals surface area contributed by atoms with E-state index in [9.17, 15) is 4.79 Å². The molecule has 0 N–H and O–H groups in total. The maximum absolute atomic E-state index is 12.0. The third-order valence-electron chi connectivity index (χ3n) is 7.68. The summed E-state index contributed by atoms with van der Waals surface area (Å²) in [6.07, 6.45) is 11.5. The molecule has 5 fully saturated rings. The minimum atomic E-state index is 0.100. The molecule has 0 bridgehead atoms. The predicted molar refractivity (Wildman–Crippen MR) is 71.3 cm³/mol. The summed E-state index contributed by atoms with van der Waals surface area (Å²) in [5, 5.41) is 0. The van der Waals surface area contributed by atoms with Crippen molar-refractivity contribution in [3.63, 3.8) is 0 Å². The second-order valence-corrected chi connectivity index (χ2v) is 8.29. The van der Waals surface area contributed by atoms with Crippen LogP contribution >= 0.6 is 0 Å². The summed E-state index contributed by atoms with van der Waals surface area (Å²) in [5.74, 6) is 2.43. The Morgan fingerprint density at radius 2 is 1.68 bits per heavy atom. The summed E-state index contributed by atoms with van der Waals surface area (Å²) in [6, 6.07) is 0. The highest BCUT2D eigenvalue weighted by Crippen LogP contribution is 2.74. The highest BCUT2D eigenvalue weighted by atomic mass is 16.6. The standard InChI is InChI=1S/C17H24O2/c1-10-11-2-4-16(6-7-16)12-3-5-17(8-9-17)13(12)14(11)19-15(10)18/h10-14H,2-9H2,1H3/t10-,11-,12?,13?,14-/m0/s1. The maximum Gasteiger partial charge on any atom is 0.309 e.